The van der Waals surface area contributed by atoms with Crippen LogP contribution in [0.25, 0.3) is 0 Å². The fraction of sp³-hybridized carbons (Fsp3) is 0.643. The van der Waals surface area contributed by atoms with Crippen LogP contribution in [0, 0.1) is 5.41 Å². The van der Waals surface area contributed by atoms with Gasteiger partial charge in [-0.05, 0) is 24.0 Å². The first kappa shape index (κ1) is 15.9. The molecule has 1 rings (SSSR count). The zero-order valence-electron chi connectivity index (χ0n) is 11.9. The van der Waals surface area contributed by atoms with Gasteiger partial charge in [0.1, 0.15) is 0 Å². The molecule has 1 aromatic heterocycles. The molecule has 5 heteroatoms. The van der Waals surface area contributed by atoms with Crippen molar-refractivity contribution in [1.29, 1.82) is 0 Å². The monoisotopic (exact) mass is 283 g/mol. The zero-order chi connectivity index (χ0) is 14.3. The first-order valence-electron chi connectivity index (χ1n) is 6.72. The van der Waals surface area contributed by atoms with Crippen LogP contribution in [0.15, 0.2) is 12.1 Å². The summed E-state index contributed by atoms with van der Waals surface area (Å²) in [6.07, 6.45) is 4.75. The number of carbonyl (C=O) groups excluding carboxylic acids is 1. The Bertz CT molecular complexity index is 404. The van der Waals surface area contributed by atoms with Crippen LogP contribution in [0.4, 0.5) is 0 Å². The lowest BCUT2D eigenvalue weighted by molar-refractivity contribution is 0.0928. The van der Waals surface area contributed by atoms with Crippen molar-refractivity contribution >= 4 is 17.5 Å². The number of aromatic nitrogens is 2. The Kier molecular flexibility index (Phi) is 6.22. The summed E-state index contributed by atoms with van der Waals surface area (Å²) in [7, 11) is 0. The first-order chi connectivity index (χ1) is 8.94. The highest BCUT2D eigenvalue weighted by Crippen LogP contribution is 2.22. The Balaban J connectivity index is 2.42. The largest absolute Gasteiger partial charge is 0.350 e. The van der Waals surface area contributed by atoms with Gasteiger partial charge in [-0.2, -0.15) is 0 Å². The molecule has 0 saturated carbocycles. The molecule has 0 aliphatic carbocycles. The molecule has 4 nitrogen and oxygen atoms in total. The van der Waals surface area contributed by atoms with Gasteiger partial charge in [0.2, 0.25) is 0 Å². The number of nitrogens with one attached hydrogen (secondary N) is 1. The second kappa shape index (κ2) is 7.43. The van der Waals surface area contributed by atoms with Gasteiger partial charge in [-0.15, -0.1) is 10.2 Å². The molecule has 1 aromatic rings. The summed E-state index contributed by atoms with van der Waals surface area (Å²) < 4.78 is 0. The van der Waals surface area contributed by atoms with Crippen molar-refractivity contribution in [3.05, 3.63) is 23.0 Å². The van der Waals surface area contributed by atoms with E-state index in [2.05, 4.69) is 36.3 Å². The van der Waals surface area contributed by atoms with E-state index in [1.807, 2.05) is 0 Å². The lowest BCUT2D eigenvalue weighted by Gasteiger charge is -2.24. The number of rotatable bonds is 7. The predicted molar refractivity (Wildman–Crippen MR) is 77.3 cm³/mol. The van der Waals surface area contributed by atoms with Crippen molar-refractivity contribution < 1.29 is 4.79 Å². The smallest absolute Gasteiger partial charge is 0.271 e. The van der Waals surface area contributed by atoms with E-state index in [1.54, 1.807) is 12.1 Å². The van der Waals surface area contributed by atoms with E-state index in [4.69, 9.17) is 11.6 Å². The molecule has 1 N–H and O–H groups in total. The molecule has 0 radical (unpaired) electrons. The summed E-state index contributed by atoms with van der Waals surface area (Å²) in [5, 5.41) is 10.6. The lowest BCUT2D eigenvalue weighted by atomic mass is 9.87. The van der Waals surface area contributed by atoms with E-state index in [0.29, 0.717) is 12.2 Å². The van der Waals surface area contributed by atoms with Crippen molar-refractivity contribution in [2.45, 2.75) is 46.5 Å². The third kappa shape index (κ3) is 6.01. The first-order valence-corrected chi connectivity index (χ1v) is 7.10. The third-order valence-corrected chi connectivity index (χ3v) is 3.25. The standard InChI is InChI=1S/C14H22ClN3O/c1-4-5-6-9-14(2,3)10-16-13(19)11-7-8-12(15)18-17-11/h7-8H,4-6,9-10H2,1-3H3,(H,16,19). The van der Waals surface area contributed by atoms with Gasteiger partial charge in [0.25, 0.3) is 5.91 Å². The minimum atomic E-state index is -0.201. The van der Waals surface area contributed by atoms with Crippen LogP contribution in [0.1, 0.15) is 56.9 Å². The second-order valence-electron chi connectivity index (χ2n) is 5.55. The van der Waals surface area contributed by atoms with E-state index < -0.39 is 0 Å². The van der Waals surface area contributed by atoms with Crippen LogP contribution in [-0.4, -0.2) is 22.6 Å². The molecule has 106 valence electrons. The summed E-state index contributed by atoms with van der Waals surface area (Å²) >= 11 is 5.63. The van der Waals surface area contributed by atoms with Crippen LogP contribution in [0.5, 0.6) is 0 Å². The third-order valence-electron chi connectivity index (χ3n) is 3.05. The van der Waals surface area contributed by atoms with Gasteiger partial charge in [-0.25, -0.2) is 0 Å². The van der Waals surface area contributed by atoms with Gasteiger partial charge in [0, 0.05) is 6.54 Å². The maximum atomic E-state index is 11.9. The average molecular weight is 284 g/mol. The summed E-state index contributed by atoms with van der Waals surface area (Å²) in [5.41, 5.74) is 0.402. The Morgan fingerprint density at radius 2 is 2.05 bits per heavy atom. The molecule has 0 aliphatic rings. The van der Waals surface area contributed by atoms with Gasteiger partial charge < -0.3 is 5.32 Å². The maximum absolute atomic E-state index is 11.9. The molecule has 1 heterocycles. The van der Waals surface area contributed by atoms with Crippen molar-refractivity contribution in [1.82, 2.24) is 15.5 Å². The minimum Gasteiger partial charge on any atom is -0.350 e. The number of amides is 1. The summed E-state index contributed by atoms with van der Waals surface area (Å²) in [4.78, 5) is 11.9. The highest BCUT2D eigenvalue weighted by atomic mass is 35.5. The SMILES string of the molecule is CCCCCC(C)(C)CNC(=O)c1ccc(Cl)nn1. The molecular formula is C14H22ClN3O. The van der Waals surface area contributed by atoms with E-state index in [-0.39, 0.29) is 16.5 Å². The van der Waals surface area contributed by atoms with Crippen LogP contribution >= 0.6 is 11.6 Å². The van der Waals surface area contributed by atoms with E-state index in [9.17, 15) is 4.79 Å². The number of hydrogen-bond acceptors (Lipinski definition) is 3. The molecule has 0 spiro atoms. The van der Waals surface area contributed by atoms with Gasteiger partial charge in [-0.3, -0.25) is 4.79 Å². The molecule has 0 bridgehead atoms. The summed E-state index contributed by atoms with van der Waals surface area (Å²) in [6.45, 7) is 7.15. The van der Waals surface area contributed by atoms with Crippen molar-refractivity contribution in [3.63, 3.8) is 0 Å². The molecular weight excluding hydrogens is 262 g/mol. The van der Waals surface area contributed by atoms with Crippen molar-refractivity contribution in [2.24, 2.45) is 5.41 Å². The number of hydrogen-bond donors (Lipinski definition) is 1. The molecule has 0 unspecified atom stereocenters. The fourth-order valence-corrected chi connectivity index (χ4v) is 1.89. The normalized spacial score (nSPS) is 11.4. The minimum absolute atomic E-state index is 0.102. The van der Waals surface area contributed by atoms with E-state index >= 15 is 0 Å². The Morgan fingerprint density at radius 3 is 2.63 bits per heavy atom. The summed E-state index contributed by atoms with van der Waals surface area (Å²) in [6, 6.07) is 3.14. The van der Waals surface area contributed by atoms with Gasteiger partial charge in [0.05, 0.1) is 0 Å². The number of halogens is 1. The van der Waals surface area contributed by atoms with E-state index in [1.165, 1.54) is 19.3 Å². The number of nitrogens with zero attached hydrogens (tertiary/aromatic N) is 2. The Morgan fingerprint density at radius 1 is 1.32 bits per heavy atom. The lowest BCUT2D eigenvalue weighted by Crippen LogP contribution is -2.34. The predicted octanol–water partition coefficient (Wildman–Crippen LogP) is 3.47. The molecule has 0 fully saturated rings. The van der Waals surface area contributed by atoms with Crippen LogP contribution in [-0.2, 0) is 0 Å². The highest BCUT2D eigenvalue weighted by Gasteiger charge is 2.19. The molecule has 0 aromatic carbocycles. The highest BCUT2D eigenvalue weighted by molar-refractivity contribution is 6.29. The van der Waals surface area contributed by atoms with Gasteiger partial charge >= 0.3 is 0 Å². The van der Waals surface area contributed by atoms with Crippen molar-refractivity contribution in [2.75, 3.05) is 6.54 Å². The fourth-order valence-electron chi connectivity index (χ4n) is 1.79. The topological polar surface area (TPSA) is 54.9 Å². The number of unbranched alkanes of at least 4 members (excludes halogenated alkanes) is 2. The van der Waals surface area contributed by atoms with E-state index in [0.717, 1.165) is 6.42 Å². The average Bonchev–Trinajstić information content (AvgIpc) is 2.37. The van der Waals surface area contributed by atoms with Crippen LogP contribution in [0.3, 0.4) is 0 Å². The Hall–Kier alpha value is -1.16. The second-order valence-corrected chi connectivity index (χ2v) is 5.93. The van der Waals surface area contributed by atoms with Gasteiger partial charge in [0.15, 0.2) is 10.8 Å². The van der Waals surface area contributed by atoms with Crippen molar-refractivity contribution in [3.8, 4) is 0 Å². The quantitative estimate of drug-likeness (QED) is 0.780. The zero-order valence-corrected chi connectivity index (χ0v) is 12.6. The summed E-state index contributed by atoms with van der Waals surface area (Å²) in [5.74, 6) is -0.201. The van der Waals surface area contributed by atoms with Gasteiger partial charge in [-0.1, -0.05) is 51.6 Å². The molecule has 0 atom stereocenters. The van der Waals surface area contributed by atoms with Crippen LogP contribution < -0.4 is 5.32 Å². The number of carbonyl (C=O) groups is 1. The maximum Gasteiger partial charge on any atom is 0.271 e. The Labute approximate surface area is 120 Å². The molecule has 0 aliphatic heterocycles. The molecule has 0 saturated heterocycles. The molecule has 1 amide bonds. The molecule has 19 heavy (non-hydrogen) atoms. The van der Waals surface area contributed by atoms with Crippen LogP contribution in [0.2, 0.25) is 5.15 Å².